The number of thioether (sulfide) groups is 1. The molecule has 0 radical (unpaired) electrons. The maximum absolute atomic E-state index is 13.0. The Hall–Kier alpha value is -0.580. The number of benzene rings is 1. The number of aliphatic imine (C=N–C) groups is 1. The molecule has 1 aliphatic rings. The minimum atomic E-state index is -0.182. The molecule has 1 aromatic rings. The third-order valence-electron chi connectivity index (χ3n) is 5.25. The van der Waals surface area contributed by atoms with Crippen molar-refractivity contribution in [3.05, 3.63) is 30.1 Å². The van der Waals surface area contributed by atoms with Gasteiger partial charge in [-0.2, -0.15) is 0 Å². The van der Waals surface area contributed by atoms with E-state index in [-0.39, 0.29) is 29.8 Å². The number of rotatable bonds is 10. The fourth-order valence-corrected chi connectivity index (χ4v) is 4.28. The highest BCUT2D eigenvalue weighted by atomic mass is 127. The molecule has 1 aromatic carbocycles. The van der Waals surface area contributed by atoms with Crippen LogP contribution in [0.5, 0.6) is 0 Å². The van der Waals surface area contributed by atoms with Gasteiger partial charge in [-0.15, -0.1) is 35.7 Å². The number of nitrogens with one attached hydrogen (secondary N) is 2. The SMILES string of the molecule is CCNC(=NCC(C(C)C)N1CCN(C)CC1)NCCCSc1ccc(F)cc1.I. The van der Waals surface area contributed by atoms with Crippen LogP contribution in [0.2, 0.25) is 0 Å². The third kappa shape index (κ3) is 10.2. The van der Waals surface area contributed by atoms with Gasteiger partial charge >= 0.3 is 0 Å². The molecule has 8 heteroatoms. The Kier molecular flexibility index (Phi) is 14.0. The molecule has 1 atom stereocenters. The van der Waals surface area contributed by atoms with Crippen LogP contribution >= 0.6 is 35.7 Å². The molecule has 1 aliphatic heterocycles. The van der Waals surface area contributed by atoms with E-state index in [9.17, 15) is 4.39 Å². The average Bonchev–Trinajstić information content (AvgIpc) is 2.70. The smallest absolute Gasteiger partial charge is 0.191 e. The monoisotopic (exact) mass is 551 g/mol. The summed E-state index contributed by atoms with van der Waals surface area (Å²) >= 11 is 1.76. The number of hydrogen-bond donors (Lipinski definition) is 2. The van der Waals surface area contributed by atoms with Crippen LogP contribution in [0.3, 0.4) is 0 Å². The second-order valence-electron chi connectivity index (χ2n) is 7.95. The Morgan fingerprint density at radius 2 is 1.80 bits per heavy atom. The first-order valence-electron chi connectivity index (χ1n) is 10.8. The molecular weight excluding hydrogens is 512 g/mol. The largest absolute Gasteiger partial charge is 0.357 e. The van der Waals surface area contributed by atoms with Crippen molar-refractivity contribution >= 4 is 41.7 Å². The number of hydrogen-bond acceptors (Lipinski definition) is 4. The van der Waals surface area contributed by atoms with Gasteiger partial charge in [0.25, 0.3) is 0 Å². The molecule has 0 saturated carbocycles. The molecule has 5 nitrogen and oxygen atoms in total. The summed E-state index contributed by atoms with van der Waals surface area (Å²) in [5, 5.41) is 6.82. The van der Waals surface area contributed by atoms with Gasteiger partial charge in [-0.3, -0.25) is 9.89 Å². The van der Waals surface area contributed by atoms with E-state index >= 15 is 0 Å². The van der Waals surface area contributed by atoms with E-state index in [1.54, 1.807) is 11.8 Å². The molecule has 1 unspecified atom stereocenters. The summed E-state index contributed by atoms with van der Waals surface area (Å²) in [4.78, 5) is 11.0. The van der Waals surface area contributed by atoms with E-state index in [2.05, 4.69) is 48.3 Å². The number of halogens is 2. The molecule has 1 heterocycles. The van der Waals surface area contributed by atoms with Crippen LogP contribution in [0, 0.1) is 11.7 Å². The van der Waals surface area contributed by atoms with Crippen molar-refractivity contribution in [3.63, 3.8) is 0 Å². The van der Waals surface area contributed by atoms with Crippen molar-refractivity contribution in [2.75, 3.05) is 58.6 Å². The predicted molar refractivity (Wildman–Crippen MR) is 139 cm³/mol. The Morgan fingerprint density at radius 1 is 1.13 bits per heavy atom. The Balaban J connectivity index is 0.00000450. The van der Waals surface area contributed by atoms with Gasteiger partial charge in [-0.25, -0.2) is 4.39 Å². The van der Waals surface area contributed by atoms with E-state index < -0.39 is 0 Å². The predicted octanol–water partition coefficient (Wildman–Crippen LogP) is 3.75. The van der Waals surface area contributed by atoms with E-state index in [4.69, 9.17) is 4.99 Å². The molecule has 2 N–H and O–H groups in total. The van der Waals surface area contributed by atoms with Crippen molar-refractivity contribution in [1.29, 1.82) is 0 Å². The van der Waals surface area contributed by atoms with Crippen molar-refractivity contribution in [2.45, 2.75) is 38.1 Å². The summed E-state index contributed by atoms with van der Waals surface area (Å²) in [6, 6.07) is 7.18. The number of nitrogens with zero attached hydrogens (tertiary/aromatic N) is 3. The highest BCUT2D eigenvalue weighted by molar-refractivity contribution is 14.0. The van der Waals surface area contributed by atoms with Crippen LogP contribution in [0.15, 0.2) is 34.2 Å². The van der Waals surface area contributed by atoms with Gasteiger partial charge in [0.05, 0.1) is 6.54 Å². The van der Waals surface area contributed by atoms with Crippen molar-refractivity contribution in [3.8, 4) is 0 Å². The summed E-state index contributed by atoms with van der Waals surface area (Å²) in [7, 11) is 2.20. The molecule has 0 amide bonds. The Morgan fingerprint density at radius 3 is 2.40 bits per heavy atom. The summed E-state index contributed by atoms with van der Waals surface area (Å²) in [6.45, 7) is 13.8. The number of guanidine groups is 1. The molecule has 0 aromatic heterocycles. The molecule has 0 spiro atoms. The molecule has 0 aliphatic carbocycles. The average molecular weight is 552 g/mol. The van der Waals surface area contributed by atoms with Gasteiger partial charge in [-0.05, 0) is 56.3 Å². The van der Waals surface area contributed by atoms with Crippen molar-refractivity contribution in [2.24, 2.45) is 10.9 Å². The highest BCUT2D eigenvalue weighted by Crippen LogP contribution is 2.18. The third-order valence-corrected chi connectivity index (χ3v) is 6.35. The Bertz CT molecular complexity index is 606. The van der Waals surface area contributed by atoms with E-state index in [0.29, 0.717) is 12.0 Å². The van der Waals surface area contributed by atoms with Crippen LogP contribution in [0.25, 0.3) is 0 Å². The highest BCUT2D eigenvalue weighted by Gasteiger charge is 2.24. The Labute approximate surface area is 203 Å². The van der Waals surface area contributed by atoms with E-state index in [1.807, 2.05) is 12.1 Å². The molecular formula is C22H39FIN5S. The molecule has 1 saturated heterocycles. The van der Waals surface area contributed by atoms with Gasteiger partial charge < -0.3 is 15.5 Å². The molecule has 2 rings (SSSR count). The zero-order chi connectivity index (χ0) is 21.1. The van der Waals surface area contributed by atoms with Gasteiger partial charge in [0.2, 0.25) is 0 Å². The summed E-state index contributed by atoms with van der Waals surface area (Å²) < 4.78 is 13.0. The summed E-state index contributed by atoms with van der Waals surface area (Å²) in [5.41, 5.74) is 0. The van der Waals surface area contributed by atoms with Gasteiger partial charge in [-0.1, -0.05) is 13.8 Å². The lowest BCUT2D eigenvalue weighted by atomic mass is 10.0. The second-order valence-corrected chi connectivity index (χ2v) is 9.12. The molecule has 30 heavy (non-hydrogen) atoms. The van der Waals surface area contributed by atoms with Gasteiger partial charge in [0, 0.05) is 50.2 Å². The minimum absolute atomic E-state index is 0. The number of piperazine rings is 1. The van der Waals surface area contributed by atoms with Crippen LogP contribution in [0.4, 0.5) is 4.39 Å². The van der Waals surface area contributed by atoms with Crippen molar-refractivity contribution in [1.82, 2.24) is 20.4 Å². The van der Waals surface area contributed by atoms with Gasteiger partial charge in [0.15, 0.2) is 5.96 Å². The standard InChI is InChI=1S/C22H38FN5S.HI/c1-5-24-22(25-11-6-16-29-20-9-7-19(23)8-10-20)26-17-21(18(2)3)28-14-12-27(4)13-15-28;/h7-10,18,21H,5-6,11-17H2,1-4H3,(H2,24,25,26);1H. The minimum Gasteiger partial charge on any atom is -0.357 e. The van der Waals surface area contributed by atoms with Crippen molar-refractivity contribution < 1.29 is 4.39 Å². The lowest BCUT2D eigenvalue weighted by Gasteiger charge is -2.39. The van der Waals surface area contributed by atoms with Gasteiger partial charge in [0.1, 0.15) is 5.82 Å². The maximum Gasteiger partial charge on any atom is 0.191 e. The van der Waals surface area contributed by atoms with Crippen LogP contribution in [-0.2, 0) is 0 Å². The molecule has 172 valence electrons. The molecule has 0 bridgehead atoms. The number of likely N-dealkylation sites (N-methyl/N-ethyl adjacent to an activating group) is 1. The first kappa shape index (κ1) is 27.5. The zero-order valence-electron chi connectivity index (χ0n) is 18.9. The normalized spacial score (nSPS) is 16.9. The first-order chi connectivity index (χ1) is 14.0. The fourth-order valence-electron chi connectivity index (χ4n) is 3.43. The van der Waals surface area contributed by atoms with E-state index in [0.717, 1.165) is 68.8 Å². The van der Waals surface area contributed by atoms with Crippen LogP contribution < -0.4 is 10.6 Å². The van der Waals surface area contributed by atoms with Crippen LogP contribution in [0.1, 0.15) is 27.2 Å². The quantitative estimate of drug-likeness (QED) is 0.153. The zero-order valence-corrected chi connectivity index (χ0v) is 22.0. The maximum atomic E-state index is 13.0. The summed E-state index contributed by atoms with van der Waals surface area (Å²) in [5.74, 6) is 2.29. The van der Waals surface area contributed by atoms with Crippen LogP contribution in [-0.4, -0.2) is 80.4 Å². The summed E-state index contributed by atoms with van der Waals surface area (Å²) in [6.07, 6.45) is 1.03. The fraction of sp³-hybridized carbons (Fsp3) is 0.682. The first-order valence-corrected chi connectivity index (χ1v) is 11.8. The lowest BCUT2D eigenvalue weighted by molar-refractivity contribution is 0.0925. The second kappa shape index (κ2) is 15.3. The lowest BCUT2D eigenvalue weighted by Crippen LogP contribution is -2.52. The van der Waals surface area contributed by atoms with E-state index in [1.165, 1.54) is 12.1 Å². The topological polar surface area (TPSA) is 42.9 Å². The molecule has 1 fully saturated rings.